The van der Waals surface area contributed by atoms with Crippen LogP contribution in [0.5, 0.6) is 0 Å². The van der Waals surface area contributed by atoms with E-state index in [1.54, 1.807) is 16.6 Å². The molecule has 3 N–H and O–H groups in total. The number of benzene rings is 1. The van der Waals surface area contributed by atoms with Crippen molar-refractivity contribution in [1.29, 1.82) is 0 Å². The van der Waals surface area contributed by atoms with E-state index in [9.17, 15) is 14.4 Å². The van der Waals surface area contributed by atoms with Crippen LogP contribution in [0.2, 0.25) is 0 Å². The number of aliphatic hydroxyl groups is 1. The van der Waals surface area contributed by atoms with Gasteiger partial charge in [-0.3, -0.25) is 14.4 Å². The number of allylic oxidation sites excluding steroid dienone is 1. The molecular formula is C24H32N6O4. The van der Waals surface area contributed by atoms with E-state index in [1.165, 1.54) is 0 Å². The number of amides is 3. The number of nitrogens with zero attached hydrogens (tertiary/aromatic N) is 4. The van der Waals surface area contributed by atoms with Gasteiger partial charge in [0.15, 0.2) is 0 Å². The van der Waals surface area contributed by atoms with Crippen molar-refractivity contribution < 1.29 is 19.5 Å². The summed E-state index contributed by atoms with van der Waals surface area (Å²) in [5, 5.41) is 22.9. The summed E-state index contributed by atoms with van der Waals surface area (Å²) in [5.41, 5.74) is 1.53. The Kier molecular flexibility index (Phi) is 7.26. The highest BCUT2D eigenvalue weighted by Crippen LogP contribution is 2.44. The second-order valence-electron chi connectivity index (χ2n) is 9.02. The Hall–Kier alpha value is -3.27. The van der Waals surface area contributed by atoms with Gasteiger partial charge in [-0.2, -0.15) is 0 Å². The number of unbranched alkanes of at least 4 members (excludes halogenated alkanes) is 2. The lowest BCUT2D eigenvalue weighted by atomic mass is 9.70. The van der Waals surface area contributed by atoms with E-state index >= 15 is 0 Å². The Morgan fingerprint density at radius 2 is 1.91 bits per heavy atom. The Bertz CT molecular complexity index is 1080. The molecule has 0 unspecified atom stereocenters. The molecule has 2 aromatic rings. The monoisotopic (exact) mass is 468 g/mol. The molecule has 2 heterocycles. The molecule has 34 heavy (non-hydrogen) atoms. The van der Waals surface area contributed by atoms with Gasteiger partial charge >= 0.3 is 0 Å². The summed E-state index contributed by atoms with van der Waals surface area (Å²) in [4.78, 5) is 41.3. The van der Waals surface area contributed by atoms with Crippen molar-refractivity contribution >= 4 is 28.8 Å². The van der Waals surface area contributed by atoms with Crippen LogP contribution in [-0.2, 0) is 21.1 Å². The zero-order chi connectivity index (χ0) is 24.2. The number of likely N-dealkylation sites (tertiary alicyclic amines) is 1. The minimum absolute atomic E-state index is 0.0912. The first-order chi connectivity index (χ1) is 16.5. The third-order valence-corrected chi connectivity index (χ3v) is 6.97. The predicted octanol–water partition coefficient (Wildman–Crippen LogP) is 0.679. The standard InChI is InChI=1S/C24H32N6O4/c1-15-10-11-16-20(19(15)22(32)25-2)24(34)29(12-6-3-7-13-31)21(16)23(33)26-14-30-18-9-5-4-8-17(18)27-28-30/h4-5,8-11,15-16,19-21,31H,3,6-7,12-14H2,1-2H3,(H,25,32)(H,26,33)/t15-,16+,19-,20-,21+/m1/s1. The number of fused-ring (bicyclic) bond motifs is 2. The van der Waals surface area contributed by atoms with Gasteiger partial charge in [0.2, 0.25) is 17.7 Å². The fraction of sp³-hybridized carbons (Fsp3) is 0.542. The Labute approximate surface area is 198 Å². The van der Waals surface area contributed by atoms with Crippen LogP contribution in [0.1, 0.15) is 26.2 Å². The van der Waals surface area contributed by atoms with Crippen LogP contribution in [0.4, 0.5) is 0 Å². The molecule has 0 radical (unpaired) electrons. The summed E-state index contributed by atoms with van der Waals surface area (Å²) in [5.74, 6) is -2.23. The van der Waals surface area contributed by atoms with Gasteiger partial charge in [-0.15, -0.1) is 5.10 Å². The van der Waals surface area contributed by atoms with E-state index in [0.29, 0.717) is 19.4 Å². The lowest BCUT2D eigenvalue weighted by molar-refractivity contribution is -0.140. The first kappa shape index (κ1) is 23.9. The first-order valence-corrected chi connectivity index (χ1v) is 11.8. The number of aromatic nitrogens is 3. The number of rotatable bonds is 9. The lowest BCUT2D eigenvalue weighted by Gasteiger charge is -2.32. The van der Waals surface area contributed by atoms with Crippen LogP contribution in [0.15, 0.2) is 36.4 Å². The molecule has 0 spiro atoms. The van der Waals surface area contributed by atoms with Crippen molar-refractivity contribution in [2.75, 3.05) is 20.2 Å². The molecule has 0 saturated carbocycles. The number of carbonyl (C=O) groups excluding carboxylic acids is 3. The molecule has 1 aliphatic carbocycles. The minimum atomic E-state index is -0.711. The first-order valence-electron chi connectivity index (χ1n) is 11.8. The van der Waals surface area contributed by atoms with Crippen LogP contribution in [0.3, 0.4) is 0 Å². The fourth-order valence-electron chi connectivity index (χ4n) is 5.26. The van der Waals surface area contributed by atoms with Gasteiger partial charge in [-0.1, -0.05) is 36.4 Å². The van der Waals surface area contributed by atoms with E-state index < -0.39 is 23.8 Å². The summed E-state index contributed by atoms with van der Waals surface area (Å²) >= 11 is 0. The number of aliphatic hydroxyl groups excluding tert-OH is 1. The van der Waals surface area contributed by atoms with Crippen molar-refractivity contribution in [3.05, 3.63) is 36.4 Å². The highest BCUT2D eigenvalue weighted by Gasteiger charge is 2.56. The number of nitrogens with one attached hydrogen (secondary N) is 2. The maximum Gasteiger partial charge on any atom is 0.244 e. The van der Waals surface area contributed by atoms with E-state index in [1.807, 2.05) is 43.3 Å². The molecule has 10 heteroatoms. The van der Waals surface area contributed by atoms with E-state index in [-0.39, 0.29) is 36.9 Å². The molecule has 1 aliphatic heterocycles. The van der Waals surface area contributed by atoms with Gasteiger partial charge in [-0.05, 0) is 37.3 Å². The zero-order valence-electron chi connectivity index (χ0n) is 19.6. The summed E-state index contributed by atoms with van der Waals surface area (Å²) < 4.78 is 1.61. The van der Waals surface area contributed by atoms with Crippen molar-refractivity contribution in [3.8, 4) is 0 Å². The Morgan fingerprint density at radius 1 is 1.12 bits per heavy atom. The third kappa shape index (κ3) is 4.42. The number of para-hydroxylation sites is 1. The molecule has 182 valence electrons. The Morgan fingerprint density at radius 3 is 2.68 bits per heavy atom. The molecule has 10 nitrogen and oxygen atoms in total. The average Bonchev–Trinajstić information content (AvgIpc) is 3.38. The Balaban J connectivity index is 1.57. The molecule has 4 rings (SSSR count). The molecular weight excluding hydrogens is 436 g/mol. The number of hydrogen-bond acceptors (Lipinski definition) is 6. The second kappa shape index (κ2) is 10.3. The van der Waals surface area contributed by atoms with Crippen LogP contribution in [0, 0.1) is 23.7 Å². The topological polar surface area (TPSA) is 129 Å². The summed E-state index contributed by atoms with van der Waals surface area (Å²) in [7, 11) is 1.57. The number of hydrogen-bond donors (Lipinski definition) is 3. The van der Waals surface area contributed by atoms with Gasteiger partial charge in [0.1, 0.15) is 18.2 Å². The SMILES string of the molecule is CNC(=O)[C@H]1[C@@H]2C(=O)N(CCCCCO)[C@H](C(=O)NCn3nnc4ccccc43)[C@H]2C=C[C@H]1C. The largest absolute Gasteiger partial charge is 0.396 e. The van der Waals surface area contributed by atoms with Gasteiger partial charge in [0.05, 0.1) is 17.4 Å². The van der Waals surface area contributed by atoms with Crippen LogP contribution in [0.25, 0.3) is 11.0 Å². The molecule has 1 aromatic carbocycles. The summed E-state index contributed by atoms with van der Waals surface area (Å²) in [6.07, 6.45) is 5.93. The molecule has 1 aromatic heterocycles. The van der Waals surface area contributed by atoms with Crippen LogP contribution >= 0.6 is 0 Å². The summed E-state index contributed by atoms with van der Waals surface area (Å²) in [6.45, 7) is 2.54. The van der Waals surface area contributed by atoms with Gasteiger partial charge < -0.3 is 20.6 Å². The van der Waals surface area contributed by atoms with Gasteiger partial charge in [0, 0.05) is 26.1 Å². The average molecular weight is 469 g/mol. The molecule has 0 bridgehead atoms. The highest BCUT2D eigenvalue weighted by molar-refractivity contribution is 5.96. The van der Waals surface area contributed by atoms with Crippen LogP contribution in [-0.4, -0.2) is 69.0 Å². The molecule has 5 atom stereocenters. The zero-order valence-corrected chi connectivity index (χ0v) is 19.6. The molecule has 1 fully saturated rings. The van der Waals surface area contributed by atoms with Crippen molar-refractivity contribution in [2.24, 2.45) is 23.7 Å². The van der Waals surface area contributed by atoms with Gasteiger partial charge in [-0.25, -0.2) is 4.68 Å². The van der Waals surface area contributed by atoms with Crippen molar-refractivity contribution in [2.45, 2.75) is 38.9 Å². The van der Waals surface area contributed by atoms with Crippen molar-refractivity contribution in [1.82, 2.24) is 30.5 Å². The smallest absolute Gasteiger partial charge is 0.244 e. The van der Waals surface area contributed by atoms with Crippen LogP contribution < -0.4 is 10.6 Å². The highest BCUT2D eigenvalue weighted by atomic mass is 16.3. The summed E-state index contributed by atoms with van der Waals surface area (Å²) in [6, 6.07) is 6.77. The third-order valence-electron chi connectivity index (χ3n) is 6.97. The van der Waals surface area contributed by atoms with E-state index in [2.05, 4.69) is 20.9 Å². The molecule has 2 aliphatic rings. The maximum atomic E-state index is 13.6. The lowest BCUT2D eigenvalue weighted by Crippen LogP contribution is -2.48. The molecule has 3 amide bonds. The second-order valence-corrected chi connectivity index (χ2v) is 9.02. The van der Waals surface area contributed by atoms with Gasteiger partial charge in [0.25, 0.3) is 0 Å². The maximum absolute atomic E-state index is 13.6. The predicted molar refractivity (Wildman–Crippen MR) is 125 cm³/mol. The van der Waals surface area contributed by atoms with Crippen molar-refractivity contribution in [3.63, 3.8) is 0 Å². The van der Waals surface area contributed by atoms with E-state index in [0.717, 1.165) is 17.5 Å². The quantitative estimate of drug-likeness (QED) is 0.367. The normalized spacial score (nSPS) is 26.0. The fourth-order valence-corrected chi connectivity index (χ4v) is 5.26. The minimum Gasteiger partial charge on any atom is -0.396 e. The molecule has 1 saturated heterocycles. The van der Waals surface area contributed by atoms with E-state index in [4.69, 9.17) is 5.11 Å². The number of carbonyl (C=O) groups is 3.